The van der Waals surface area contributed by atoms with Crippen LogP contribution < -0.4 is 4.74 Å². The standard InChI is InChI=1S/C14H22N2O/c1-14(11-15(2)9-10-16(14)3)12-5-7-13(17-4)8-6-12/h5-8H,9-11H2,1-4H3. The van der Waals surface area contributed by atoms with Crippen molar-refractivity contribution < 1.29 is 4.74 Å². The van der Waals surface area contributed by atoms with Gasteiger partial charge in [0.25, 0.3) is 0 Å². The molecule has 0 spiro atoms. The van der Waals surface area contributed by atoms with Crippen molar-refractivity contribution in [2.45, 2.75) is 12.5 Å². The van der Waals surface area contributed by atoms with Gasteiger partial charge in [-0.05, 0) is 38.7 Å². The topological polar surface area (TPSA) is 15.7 Å². The maximum Gasteiger partial charge on any atom is 0.118 e. The predicted octanol–water partition coefficient (Wildman–Crippen LogP) is 1.79. The van der Waals surface area contributed by atoms with Gasteiger partial charge < -0.3 is 9.64 Å². The number of rotatable bonds is 2. The lowest BCUT2D eigenvalue weighted by atomic mass is 9.88. The largest absolute Gasteiger partial charge is 0.497 e. The van der Waals surface area contributed by atoms with Crippen LogP contribution in [0.2, 0.25) is 0 Å². The molecule has 3 nitrogen and oxygen atoms in total. The Balaban J connectivity index is 2.28. The second-order valence-corrected chi connectivity index (χ2v) is 5.16. The summed E-state index contributed by atoms with van der Waals surface area (Å²) in [5, 5.41) is 0. The predicted molar refractivity (Wildman–Crippen MR) is 70.5 cm³/mol. The van der Waals surface area contributed by atoms with Gasteiger partial charge in [-0.2, -0.15) is 0 Å². The van der Waals surface area contributed by atoms with Crippen molar-refractivity contribution >= 4 is 0 Å². The molecule has 0 saturated carbocycles. The Morgan fingerprint density at radius 2 is 1.76 bits per heavy atom. The fraction of sp³-hybridized carbons (Fsp3) is 0.571. The second-order valence-electron chi connectivity index (χ2n) is 5.16. The highest BCUT2D eigenvalue weighted by molar-refractivity contribution is 5.32. The molecular weight excluding hydrogens is 212 g/mol. The molecular formula is C14H22N2O. The third kappa shape index (κ3) is 2.31. The van der Waals surface area contributed by atoms with Crippen LogP contribution in [-0.4, -0.2) is 50.6 Å². The van der Waals surface area contributed by atoms with E-state index in [4.69, 9.17) is 4.74 Å². The Hall–Kier alpha value is -1.06. The quantitative estimate of drug-likeness (QED) is 0.776. The molecule has 94 valence electrons. The number of ether oxygens (including phenoxy) is 1. The number of piperazine rings is 1. The van der Waals surface area contributed by atoms with Crippen LogP contribution in [0, 0.1) is 0 Å². The van der Waals surface area contributed by atoms with Crippen LogP contribution in [0.1, 0.15) is 12.5 Å². The summed E-state index contributed by atoms with van der Waals surface area (Å²) in [6, 6.07) is 8.44. The zero-order valence-electron chi connectivity index (χ0n) is 11.2. The van der Waals surface area contributed by atoms with Gasteiger partial charge in [0.2, 0.25) is 0 Å². The van der Waals surface area contributed by atoms with Crippen LogP contribution >= 0.6 is 0 Å². The summed E-state index contributed by atoms with van der Waals surface area (Å²) in [7, 11) is 6.10. The van der Waals surface area contributed by atoms with E-state index < -0.39 is 0 Å². The van der Waals surface area contributed by atoms with E-state index in [0.717, 1.165) is 25.4 Å². The minimum atomic E-state index is 0.0965. The minimum absolute atomic E-state index is 0.0965. The van der Waals surface area contributed by atoms with Gasteiger partial charge in [-0.15, -0.1) is 0 Å². The number of methoxy groups -OCH3 is 1. The van der Waals surface area contributed by atoms with Crippen LogP contribution in [0.25, 0.3) is 0 Å². The lowest BCUT2D eigenvalue weighted by Gasteiger charge is -2.46. The average molecular weight is 234 g/mol. The SMILES string of the molecule is COc1ccc(C2(C)CN(C)CCN2C)cc1. The molecule has 1 fully saturated rings. The molecule has 3 heteroatoms. The van der Waals surface area contributed by atoms with Crippen LogP contribution in [0.3, 0.4) is 0 Å². The van der Waals surface area contributed by atoms with E-state index in [9.17, 15) is 0 Å². The molecule has 0 N–H and O–H groups in total. The lowest BCUT2D eigenvalue weighted by molar-refractivity contribution is 0.0379. The Bertz CT molecular complexity index is 376. The normalized spacial score (nSPS) is 27.1. The highest BCUT2D eigenvalue weighted by Crippen LogP contribution is 2.31. The zero-order chi connectivity index (χ0) is 12.5. The smallest absolute Gasteiger partial charge is 0.118 e. The summed E-state index contributed by atoms with van der Waals surface area (Å²) < 4.78 is 5.21. The van der Waals surface area contributed by atoms with Gasteiger partial charge in [0, 0.05) is 19.6 Å². The fourth-order valence-electron chi connectivity index (χ4n) is 2.55. The van der Waals surface area contributed by atoms with Gasteiger partial charge in [-0.25, -0.2) is 0 Å². The maximum atomic E-state index is 5.21. The van der Waals surface area contributed by atoms with E-state index in [-0.39, 0.29) is 5.54 Å². The zero-order valence-corrected chi connectivity index (χ0v) is 11.2. The molecule has 1 aromatic carbocycles. The van der Waals surface area contributed by atoms with Crippen LogP contribution in [0.5, 0.6) is 5.75 Å². The van der Waals surface area contributed by atoms with E-state index in [1.165, 1.54) is 5.56 Å². The molecule has 1 aliphatic rings. The van der Waals surface area contributed by atoms with E-state index >= 15 is 0 Å². The number of hydrogen-bond acceptors (Lipinski definition) is 3. The highest BCUT2D eigenvalue weighted by Gasteiger charge is 2.35. The molecule has 1 saturated heterocycles. The van der Waals surface area contributed by atoms with Crippen molar-refractivity contribution in [2.24, 2.45) is 0 Å². The van der Waals surface area contributed by atoms with Crippen LogP contribution in [0.4, 0.5) is 0 Å². The molecule has 0 aromatic heterocycles. The molecule has 0 amide bonds. The van der Waals surface area contributed by atoms with Gasteiger partial charge in [0.1, 0.15) is 5.75 Å². The van der Waals surface area contributed by atoms with Gasteiger partial charge in [-0.1, -0.05) is 12.1 Å². The number of likely N-dealkylation sites (N-methyl/N-ethyl adjacent to an activating group) is 2. The fourth-order valence-corrected chi connectivity index (χ4v) is 2.55. The van der Waals surface area contributed by atoms with Crippen molar-refractivity contribution in [3.63, 3.8) is 0 Å². The van der Waals surface area contributed by atoms with E-state index in [1.807, 2.05) is 12.1 Å². The Morgan fingerprint density at radius 3 is 2.35 bits per heavy atom. The molecule has 17 heavy (non-hydrogen) atoms. The third-order valence-electron chi connectivity index (χ3n) is 3.95. The number of hydrogen-bond donors (Lipinski definition) is 0. The first kappa shape index (κ1) is 12.4. The highest BCUT2D eigenvalue weighted by atomic mass is 16.5. The van der Waals surface area contributed by atoms with Gasteiger partial charge >= 0.3 is 0 Å². The van der Waals surface area contributed by atoms with Crippen molar-refractivity contribution in [1.29, 1.82) is 0 Å². The van der Waals surface area contributed by atoms with Gasteiger partial charge in [-0.3, -0.25) is 4.90 Å². The molecule has 1 aliphatic heterocycles. The molecule has 1 unspecified atom stereocenters. The Morgan fingerprint density at radius 1 is 1.12 bits per heavy atom. The van der Waals surface area contributed by atoms with Crippen molar-refractivity contribution in [3.05, 3.63) is 29.8 Å². The summed E-state index contributed by atoms with van der Waals surface area (Å²) in [5.41, 5.74) is 1.45. The first-order chi connectivity index (χ1) is 8.06. The first-order valence-electron chi connectivity index (χ1n) is 6.10. The number of benzene rings is 1. The lowest BCUT2D eigenvalue weighted by Crippen LogP contribution is -2.56. The Kier molecular flexibility index (Phi) is 3.40. The average Bonchev–Trinajstić information content (AvgIpc) is 2.34. The van der Waals surface area contributed by atoms with E-state index in [1.54, 1.807) is 7.11 Å². The third-order valence-corrected chi connectivity index (χ3v) is 3.95. The van der Waals surface area contributed by atoms with Gasteiger partial charge in [0.05, 0.1) is 12.6 Å². The molecule has 0 bridgehead atoms. The summed E-state index contributed by atoms with van der Waals surface area (Å²) in [6.07, 6.45) is 0. The molecule has 2 rings (SSSR count). The molecule has 0 aliphatic carbocycles. The summed E-state index contributed by atoms with van der Waals surface area (Å²) >= 11 is 0. The summed E-state index contributed by atoms with van der Waals surface area (Å²) in [5.74, 6) is 0.921. The first-order valence-corrected chi connectivity index (χ1v) is 6.10. The Labute approximate surface area is 104 Å². The minimum Gasteiger partial charge on any atom is -0.497 e. The number of nitrogens with zero attached hydrogens (tertiary/aromatic N) is 2. The van der Waals surface area contributed by atoms with Crippen molar-refractivity contribution in [2.75, 3.05) is 40.8 Å². The van der Waals surface area contributed by atoms with Crippen molar-refractivity contribution in [3.8, 4) is 5.75 Å². The van der Waals surface area contributed by atoms with Crippen molar-refractivity contribution in [1.82, 2.24) is 9.80 Å². The maximum absolute atomic E-state index is 5.21. The molecule has 1 aromatic rings. The molecule has 1 atom stereocenters. The van der Waals surface area contributed by atoms with E-state index in [0.29, 0.717) is 0 Å². The monoisotopic (exact) mass is 234 g/mol. The van der Waals surface area contributed by atoms with E-state index in [2.05, 4.69) is 43.0 Å². The van der Waals surface area contributed by atoms with Gasteiger partial charge in [0.15, 0.2) is 0 Å². The van der Waals surface area contributed by atoms with Crippen LogP contribution in [0.15, 0.2) is 24.3 Å². The summed E-state index contributed by atoms with van der Waals surface area (Å²) in [4.78, 5) is 4.83. The molecule has 1 heterocycles. The molecule has 0 radical (unpaired) electrons. The second kappa shape index (κ2) is 4.67. The summed E-state index contributed by atoms with van der Waals surface area (Å²) in [6.45, 7) is 5.63. The van der Waals surface area contributed by atoms with Crippen LogP contribution in [-0.2, 0) is 5.54 Å².